The van der Waals surface area contributed by atoms with Gasteiger partial charge >= 0.3 is 5.97 Å². The Morgan fingerprint density at radius 1 is 1.23 bits per heavy atom. The highest BCUT2D eigenvalue weighted by atomic mass is 16.6. The fourth-order valence-electron chi connectivity index (χ4n) is 1.76. The molecule has 74 valence electrons. The third-order valence-corrected chi connectivity index (χ3v) is 2.38. The SMILES string of the molecule is CC(=O)OC1(N=O)CCCCCC1. The van der Waals surface area contributed by atoms with E-state index in [1.165, 1.54) is 6.92 Å². The lowest BCUT2D eigenvalue weighted by Gasteiger charge is -2.23. The van der Waals surface area contributed by atoms with E-state index in [0.29, 0.717) is 12.8 Å². The van der Waals surface area contributed by atoms with Crippen LogP contribution in [-0.4, -0.2) is 11.7 Å². The molecule has 0 aliphatic heterocycles. The summed E-state index contributed by atoms with van der Waals surface area (Å²) < 4.78 is 4.99. The highest BCUT2D eigenvalue weighted by Gasteiger charge is 2.35. The highest BCUT2D eigenvalue weighted by Crippen LogP contribution is 2.31. The van der Waals surface area contributed by atoms with E-state index in [1.807, 2.05) is 0 Å². The Balaban J connectivity index is 2.64. The number of nitrogens with zero attached hydrogens (tertiary/aromatic N) is 1. The predicted molar refractivity (Wildman–Crippen MR) is 48.0 cm³/mol. The van der Waals surface area contributed by atoms with E-state index in [0.717, 1.165) is 25.7 Å². The summed E-state index contributed by atoms with van der Waals surface area (Å²) in [5.74, 6) is -0.415. The van der Waals surface area contributed by atoms with Crippen LogP contribution in [0.4, 0.5) is 0 Å². The molecule has 4 nitrogen and oxygen atoms in total. The summed E-state index contributed by atoms with van der Waals surface area (Å²) in [5, 5.41) is 2.99. The second-order valence-electron chi connectivity index (χ2n) is 3.55. The quantitative estimate of drug-likeness (QED) is 0.377. The minimum Gasteiger partial charge on any atom is -0.434 e. The molecule has 0 atom stereocenters. The van der Waals surface area contributed by atoms with Crippen LogP contribution in [0.2, 0.25) is 0 Å². The van der Waals surface area contributed by atoms with Crippen molar-refractivity contribution >= 4 is 5.97 Å². The zero-order valence-corrected chi connectivity index (χ0v) is 7.91. The van der Waals surface area contributed by atoms with Gasteiger partial charge in [0.15, 0.2) is 0 Å². The maximum atomic E-state index is 10.8. The van der Waals surface area contributed by atoms with Crippen molar-refractivity contribution in [2.75, 3.05) is 0 Å². The number of hydrogen-bond donors (Lipinski definition) is 0. The van der Waals surface area contributed by atoms with E-state index in [9.17, 15) is 9.70 Å². The molecule has 13 heavy (non-hydrogen) atoms. The monoisotopic (exact) mass is 185 g/mol. The third kappa shape index (κ3) is 2.79. The molecule has 0 spiro atoms. The van der Waals surface area contributed by atoms with Crippen LogP contribution in [0, 0.1) is 4.91 Å². The topological polar surface area (TPSA) is 55.7 Å². The Morgan fingerprint density at radius 2 is 1.77 bits per heavy atom. The summed E-state index contributed by atoms with van der Waals surface area (Å²) in [5.41, 5.74) is -1.05. The lowest BCUT2D eigenvalue weighted by Crippen LogP contribution is -2.31. The Morgan fingerprint density at radius 3 is 2.15 bits per heavy atom. The molecule has 0 amide bonds. The summed E-state index contributed by atoms with van der Waals surface area (Å²) in [4.78, 5) is 21.4. The second-order valence-corrected chi connectivity index (χ2v) is 3.55. The van der Waals surface area contributed by atoms with E-state index in [4.69, 9.17) is 4.74 Å². The van der Waals surface area contributed by atoms with Crippen LogP contribution in [0.1, 0.15) is 45.4 Å². The Bertz CT molecular complexity index is 195. The van der Waals surface area contributed by atoms with Crippen molar-refractivity contribution in [2.45, 2.75) is 51.2 Å². The molecule has 1 aliphatic rings. The van der Waals surface area contributed by atoms with Gasteiger partial charge in [-0.15, -0.1) is 4.91 Å². The van der Waals surface area contributed by atoms with Crippen LogP contribution in [0.25, 0.3) is 0 Å². The van der Waals surface area contributed by atoms with Crippen LogP contribution in [-0.2, 0) is 9.53 Å². The zero-order valence-electron chi connectivity index (χ0n) is 7.91. The van der Waals surface area contributed by atoms with Gasteiger partial charge in [0.2, 0.25) is 5.72 Å². The van der Waals surface area contributed by atoms with Crippen molar-refractivity contribution in [1.29, 1.82) is 0 Å². The molecular formula is C9H15NO3. The number of nitroso groups, excluding NO2 is 1. The largest absolute Gasteiger partial charge is 0.434 e. The molecular weight excluding hydrogens is 170 g/mol. The number of rotatable bonds is 2. The van der Waals surface area contributed by atoms with E-state index in [1.54, 1.807) is 0 Å². The zero-order chi connectivity index (χ0) is 9.73. The first-order chi connectivity index (χ1) is 6.18. The van der Waals surface area contributed by atoms with Crippen LogP contribution >= 0.6 is 0 Å². The molecule has 0 aromatic heterocycles. The molecule has 0 heterocycles. The minimum absolute atomic E-state index is 0.415. The van der Waals surface area contributed by atoms with E-state index >= 15 is 0 Å². The Labute approximate surface area is 77.6 Å². The molecule has 0 bridgehead atoms. The summed E-state index contributed by atoms with van der Waals surface area (Å²) in [6, 6.07) is 0. The first-order valence-electron chi connectivity index (χ1n) is 4.73. The maximum Gasteiger partial charge on any atom is 0.304 e. The van der Waals surface area contributed by atoms with Crippen LogP contribution in [0.5, 0.6) is 0 Å². The van der Waals surface area contributed by atoms with Crippen LogP contribution in [0.3, 0.4) is 0 Å². The summed E-state index contributed by atoms with van der Waals surface area (Å²) in [7, 11) is 0. The van der Waals surface area contributed by atoms with Crippen molar-refractivity contribution in [1.82, 2.24) is 0 Å². The van der Waals surface area contributed by atoms with Gasteiger partial charge in [0.05, 0.1) is 0 Å². The number of carbonyl (C=O) groups is 1. The molecule has 1 fully saturated rings. The first kappa shape index (κ1) is 10.2. The standard InChI is InChI=1S/C9H15NO3/c1-8(11)13-9(10-12)6-4-2-3-5-7-9/h2-7H2,1H3. The molecule has 0 unspecified atom stereocenters. The predicted octanol–water partition coefficient (Wildman–Crippen LogP) is 2.37. The van der Waals surface area contributed by atoms with Crippen molar-refractivity contribution in [3.8, 4) is 0 Å². The van der Waals surface area contributed by atoms with Crippen molar-refractivity contribution < 1.29 is 9.53 Å². The normalized spacial score (nSPS) is 21.6. The smallest absolute Gasteiger partial charge is 0.304 e. The Hall–Kier alpha value is -0.930. The van der Waals surface area contributed by atoms with E-state index in [-0.39, 0.29) is 0 Å². The number of esters is 1. The summed E-state index contributed by atoms with van der Waals surface area (Å²) in [6.07, 6.45) is 5.18. The first-order valence-corrected chi connectivity index (χ1v) is 4.73. The molecule has 0 aromatic rings. The maximum absolute atomic E-state index is 10.8. The van der Waals surface area contributed by atoms with Gasteiger partial charge < -0.3 is 4.74 Å². The van der Waals surface area contributed by atoms with Gasteiger partial charge in [0, 0.05) is 19.8 Å². The molecule has 0 saturated heterocycles. The van der Waals surface area contributed by atoms with Gasteiger partial charge in [-0.1, -0.05) is 12.8 Å². The highest BCUT2D eigenvalue weighted by molar-refractivity contribution is 5.66. The van der Waals surface area contributed by atoms with Crippen LogP contribution < -0.4 is 0 Å². The molecule has 1 saturated carbocycles. The van der Waals surface area contributed by atoms with Gasteiger partial charge in [-0.25, -0.2) is 0 Å². The van der Waals surface area contributed by atoms with Gasteiger partial charge in [-0.2, -0.15) is 0 Å². The molecule has 0 radical (unpaired) electrons. The number of hydrogen-bond acceptors (Lipinski definition) is 4. The van der Waals surface area contributed by atoms with E-state index in [2.05, 4.69) is 5.18 Å². The lowest BCUT2D eigenvalue weighted by molar-refractivity contribution is -0.157. The second kappa shape index (κ2) is 4.35. The molecule has 1 rings (SSSR count). The number of carbonyl (C=O) groups excluding carboxylic acids is 1. The molecule has 4 heteroatoms. The molecule has 1 aliphatic carbocycles. The van der Waals surface area contributed by atoms with Gasteiger partial charge in [0.1, 0.15) is 0 Å². The molecule has 0 N–H and O–H groups in total. The summed E-state index contributed by atoms with van der Waals surface area (Å²) in [6.45, 7) is 1.32. The van der Waals surface area contributed by atoms with Crippen molar-refractivity contribution in [3.05, 3.63) is 4.91 Å². The van der Waals surface area contributed by atoms with Gasteiger partial charge in [-0.05, 0) is 18.0 Å². The fraction of sp³-hybridized carbons (Fsp3) is 0.889. The van der Waals surface area contributed by atoms with Crippen LogP contribution in [0.15, 0.2) is 5.18 Å². The third-order valence-electron chi connectivity index (χ3n) is 2.38. The molecule has 0 aromatic carbocycles. The number of ether oxygens (including phenoxy) is 1. The minimum atomic E-state index is -1.05. The van der Waals surface area contributed by atoms with E-state index < -0.39 is 11.7 Å². The van der Waals surface area contributed by atoms with Gasteiger partial charge in [-0.3, -0.25) is 4.79 Å². The fourth-order valence-corrected chi connectivity index (χ4v) is 1.76. The average molecular weight is 185 g/mol. The lowest BCUT2D eigenvalue weighted by atomic mass is 10.1. The average Bonchev–Trinajstić information content (AvgIpc) is 2.30. The Kier molecular flexibility index (Phi) is 3.39. The van der Waals surface area contributed by atoms with Crippen molar-refractivity contribution in [3.63, 3.8) is 0 Å². The summed E-state index contributed by atoms with van der Waals surface area (Å²) >= 11 is 0. The van der Waals surface area contributed by atoms with Gasteiger partial charge in [0.25, 0.3) is 0 Å². The van der Waals surface area contributed by atoms with Crippen molar-refractivity contribution in [2.24, 2.45) is 5.18 Å².